The summed E-state index contributed by atoms with van der Waals surface area (Å²) in [5, 5.41) is 0.499. The van der Waals surface area contributed by atoms with Crippen molar-refractivity contribution in [1.82, 2.24) is 0 Å². The Labute approximate surface area is 131 Å². The first-order chi connectivity index (χ1) is 10.1. The molecule has 0 fully saturated rings. The summed E-state index contributed by atoms with van der Waals surface area (Å²) in [5.41, 5.74) is 0.593. The van der Waals surface area contributed by atoms with Gasteiger partial charge in [-0.15, -0.1) is 0 Å². The highest BCUT2D eigenvalue weighted by molar-refractivity contribution is 6.30. The third-order valence-corrected chi connectivity index (χ3v) is 3.56. The van der Waals surface area contributed by atoms with Gasteiger partial charge in [-0.3, -0.25) is 4.79 Å². The van der Waals surface area contributed by atoms with Gasteiger partial charge in [-0.1, -0.05) is 31.9 Å². The van der Waals surface area contributed by atoms with Gasteiger partial charge in [0.2, 0.25) is 0 Å². The van der Waals surface area contributed by atoms with Crippen molar-refractivity contribution in [2.24, 2.45) is 0 Å². The third kappa shape index (κ3) is 6.47. The number of rotatable bonds is 10. The van der Waals surface area contributed by atoms with Crippen molar-refractivity contribution < 1.29 is 13.9 Å². The molecule has 118 valence electrons. The normalized spacial score (nSPS) is 10.7. The molecule has 0 heterocycles. The molecule has 0 spiro atoms. The summed E-state index contributed by atoms with van der Waals surface area (Å²) in [6.07, 6.45) is 5.31. The van der Waals surface area contributed by atoms with Gasteiger partial charge in [0.15, 0.2) is 11.6 Å². The topological polar surface area (TPSA) is 26.3 Å². The first-order valence-electron chi connectivity index (χ1n) is 7.70. The average molecular weight is 315 g/mol. The molecule has 1 aromatic carbocycles. The smallest absolute Gasteiger partial charge is 0.168 e. The number of hydrogen-bond acceptors (Lipinski definition) is 2. The molecule has 0 amide bonds. The zero-order valence-electron chi connectivity index (χ0n) is 12.9. The first kappa shape index (κ1) is 18.0. The van der Waals surface area contributed by atoms with E-state index in [4.69, 9.17) is 16.3 Å². The van der Waals surface area contributed by atoms with E-state index in [0.717, 1.165) is 25.7 Å². The van der Waals surface area contributed by atoms with Crippen molar-refractivity contribution in [2.75, 3.05) is 6.61 Å². The minimum atomic E-state index is -0.308. The molecule has 4 heteroatoms. The standard InChI is InChI=1S/C17H24ClFO2/c1-3-10-21-16-12-14(18)11-13(17(16)19)8-6-5-7-9-15(20)4-2/h11-12H,3-10H2,1-2H3. The summed E-state index contributed by atoms with van der Waals surface area (Å²) < 4.78 is 19.6. The first-order valence-corrected chi connectivity index (χ1v) is 8.08. The lowest BCUT2D eigenvalue weighted by Gasteiger charge is -2.10. The van der Waals surface area contributed by atoms with Crippen LogP contribution in [0.4, 0.5) is 4.39 Å². The van der Waals surface area contributed by atoms with Crippen molar-refractivity contribution in [3.63, 3.8) is 0 Å². The van der Waals surface area contributed by atoms with Crippen molar-refractivity contribution >= 4 is 17.4 Å². The van der Waals surface area contributed by atoms with Crippen molar-refractivity contribution in [1.29, 1.82) is 0 Å². The van der Waals surface area contributed by atoms with Crippen molar-refractivity contribution in [2.45, 2.75) is 58.8 Å². The molecule has 0 saturated carbocycles. The van der Waals surface area contributed by atoms with Gasteiger partial charge in [0.1, 0.15) is 5.78 Å². The monoisotopic (exact) mass is 314 g/mol. The number of Topliss-reactive ketones (excluding diaryl/α,β-unsaturated/α-hetero) is 1. The number of carbonyl (C=O) groups excluding carboxylic acids is 1. The van der Waals surface area contributed by atoms with Crippen LogP contribution in [0.1, 0.15) is 57.9 Å². The molecule has 0 aromatic heterocycles. The molecule has 0 N–H and O–H groups in total. The summed E-state index contributed by atoms with van der Waals surface area (Å²) in [4.78, 5) is 11.2. The largest absolute Gasteiger partial charge is 0.490 e. The van der Waals surface area contributed by atoms with Gasteiger partial charge in [0.25, 0.3) is 0 Å². The summed E-state index contributed by atoms with van der Waals surface area (Å²) in [6.45, 7) is 4.33. The van der Waals surface area contributed by atoms with E-state index in [0.29, 0.717) is 42.2 Å². The molecular formula is C17H24ClFO2. The number of halogens is 2. The van der Waals surface area contributed by atoms with Crippen LogP contribution in [0.25, 0.3) is 0 Å². The molecule has 0 radical (unpaired) electrons. The van der Waals surface area contributed by atoms with Gasteiger partial charge in [0, 0.05) is 23.9 Å². The number of unbranched alkanes of at least 4 members (excludes halogenated alkanes) is 2. The second-order valence-corrected chi connectivity index (χ2v) is 5.61. The summed E-state index contributed by atoms with van der Waals surface area (Å²) >= 11 is 6.01. The van der Waals surface area contributed by atoms with E-state index in [1.807, 2.05) is 13.8 Å². The maximum atomic E-state index is 14.2. The number of ether oxygens (including phenoxy) is 1. The SMILES string of the molecule is CCCOc1cc(Cl)cc(CCCCCC(=O)CC)c1F. The number of ketones is 1. The summed E-state index contributed by atoms with van der Waals surface area (Å²) in [7, 11) is 0. The number of aryl methyl sites for hydroxylation is 1. The highest BCUT2D eigenvalue weighted by Crippen LogP contribution is 2.27. The van der Waals surface area contributed by atoms with E-state index >= 15 is 0 Å². The van der Waals surface area contributed by atoms with E-state index in [2.05, 4.69) is 0 Å². The van der Waals surface area contributed by atoms with Gasteiger partial charge < -0.3 is 4.74 Å². The number of carbonyl (C=O) groups is 1. The van der Waals surface area contributed by atoms with Crippen LogP contribution in [0, 0.1) is 5.82 Å². The number of benzene rings is 1. The third-order valence-electron chi connectivity index (χ3n) is 3.34. The zero-order chi connectivity index (χ0) is 15.7. The predicted octanol–water partition coefficient (Wildman–Crippen LogP) is 5.35. The Kier molecular flexibility index (Phi) is 8.36. The molecule has 0 aliphatic rings. The fourth-order valence-corrected chi connectivity index (χ4v) is 2.34. The lowest BCUT2D eigenvalue weighted by atomic mass is 10.0. The Morgan fingerprint density at radius 2 is 2.00 bits per heavy atom. The Morgan fingerprint density at radius 1 is 1.24 bits per heavy atom. The fourth-order valence-electron chi connectivity index (χ4n) is 2.11. The van der Waals surface area contributed by atoms with Crippen LogP contribution in [-0.4, -0.2) is 12.4 Å². The second kappa shape index (κ2) is 9.78. The van der Waals surface area contributed by atoms with Crippen molar-refractivity contribution in [3.05, 3.63) is 28.5 Å². The molecule has 0 bridgehead atoms. The van der Waals surface area contributed by atoms with E-state index in [1.165, 1.54) is 6.07 Å². The van der Waals surface area contributed by atoms with Gasteiger partial charge in [-0.05, 0) is 37.3 Å². The van der Waals surface area contributed by atoms with E-state index in [1.54, 1.807) is 6.07 Å². The van der Waals surface area contributed by atoms with Gasteiger partial charge in [-0.2, -0.15) is 0 Å². The maximum Gasteiger partial charge on any atom is 0.168 e. The van der Waals surface area contributed by atoms with Gasteiger partial charge >= 0.3 is 0 Å². The average Bonchev–Trinajstić information content (AvgIpc) is 2.48. The lowest BCUT2D eigenvalue weighted by Crippen LogP contribution is -2.01. The molecule has 0 aliphatic heterocycles. The molecule has 1 aromatic rings. The minimum Gasteiger partial charge on any atom is -0.490 e. The summed E-state index contributed by atoms with van der Waals surface area (Å²) in [6, 6.07) is 3.18. The predicted molar refractivity (Wildman–Crippen MR) is 84.7 cm³/mol. The Balaban J connectivity index is 2.50. The van der Waals surface area contributed by atoms with Crippen LogP contribution < -0.4 is 4.74 Å². The molecular weight excluding hydrogens is 291 g/mol. The van der Waals surface area contributed by atoms with Gasteiger partial charge in [0.05, 0.1) is 6.61 Å². The number of hydrogen-bond donors (Lipinski definition) is 0. The minimum absolute atomic E-state index is 0.237. The fraction of sp³-hybridized carbons (Fsp3) is 0.588. The molecule has 0 saturated heterocycles. The quantitative estimate of drug-likeness (QED) is 0.544. The Bertz CT molecular complexity index is 460. The lowest BCUT2D eigenvalue weighted by molar-refractivity contribution is -0.118. The Morgan fingerprint density at radius 3 is 2.67 bits per heavy atom. The molecule has 2 nitrogen and oxygen atoms in total. The maximum absolute atomic E-state index is 14.2. The van der Waals surface area contributed by atoms with Crippen LogP contribution in [-0.2, 0) is 11.2 Å². The van der Waals surface area contributed by atoms with Crippen LogP contribution >= 0.6 is 11.6 Å². The highest BCUT2D eigenvalue weighted by Gasteiger charge is 2.11. The molecule has 21 heavy (non-hydrogen) atoms. The zero-order valence-corrected chi connectivity index (χ0v) is 13.6. The highest BCUT2D eigenvalue weighted by atomic mass is 35.5. The van der Waals surface area contributed by atoms with E-state index in [9.17, 15) is 9.18 Å². The molecule has 0 atom stereocenters. The van der Waals surface area contributed by atoms with Crippen LogP contribution in [0.5, 0.6) is 5.75 Å². The van der Waals surface area contributed by atoms with E-state index < -0.39 is 0 Å². The molecule has 1 rings (SSSR count). The van der Waals surface area contributed by atoms with Crippen LogP contribution in [0.2, 0.25) is 5.02 Å². The Hall–Kier alpha value is -1.09. The summed E-state index contributed by atoms with van der Waals surface area (Å²) in [5.74, 6) is 0.220. The van der Waals surface area contributed by atoms with E-state index in [-0.39, 0.29) is 11.6 Å². The van der Waals surface area contributed by atoms with Crippen LogP contribution in [0.3, 0.4) is 0 Å². The van der Waals surface area contributed by atoms with Crippen molar-refractivity contribution in [3.8, 4) is 5.75 Å². The molecule has 0 unspecified atom stereocenters. The second-order valence-electron chi connectivity index (χ2n) is 5.18. The molecule has 0 aliphatic carbocycles. The van der Waals surface area contributed by atoms with Gasteiger partial charge in [-0.25, -0.2) is 4.39 Å². The van der Waals surface area contributed by atoms with Crippen LogP contribution in [0.15, 0.2) is 12.1 Å².